The lowest BCUT2D eigenvalue weighted by molar-refractivity contribution is -0.150. The van der Waals surface area contributed by atoms with Gasteiger partial charge in [0.1, 0.15) is 6.07 Å². The third kappa shape index (κ3) is 5.92. The Morgan fingerprint density at radius 1 is 1.19 bits per heavy atom. The Morgan fingerprint density at radius 3 is 2.78 bits per heavy atom. The summed E-state index contributed by atoms with van der Waals surface area (Å²) in [5.74, 6) is 1.04. The van der Waals surface area contributed by atoms with Crippen molar-refractivity contribution in [2.24, 2.45) is 0 Å². The molecule has 0 saturated heterocycles. The zero-order valence-electron chi connectivity index (χ0n) is 17.6. The average Bonchev–Trinajstić information content (AvgIpc) is 3.27. The van der Waals surface area contributed by atoms with Crippen molar-refractivity contribution in [1.82, 2.24) is 5.32 Å². The molecule has 0 spiro atoms. The van der Waals surface area contributed by atoms with Gasteiger partial charge < -0.3 is 29.0 Å². The molecule has 1 aliphatic heterocycles. The topological polar surface area (TPSA) is 116 Å². The van der Waals surface area contributed by atoms with E-state index in [2.05, 4.69) is 5.32 Å². The van der Waals surface area contributed by atoms with E-state index in [1.54, 1.807) is 30.3 Å². The van der Waals surface area contributed by atoms with Gasteiger partial charge >= 0.3 is 5.97 Å². The molecular formula is C23H22N2O7. The van der Waals surface area contributed by atoms with Crippen molar-refractivity contribution in [2.45, 2.75) is 19.6 Å². The number of nitriles is 1. The van der Waals surface area contributed by atoms with E-state index in [-0.39, 0.29) is 19.9 Å². The van der Waals surface area contributed by atoms with Crippen molar-refractivity contribution in [2.75, 3.05) is 20.5 Å². The summed E-state index contributed by atoms with van der Waals surface area (Å²) in [5.41, 5.74) is 1.49. The number of amides is 1. The number of hydrogen-bond acceptors (Lipinski definition) is 8. The van der Waals surface area contributed by atoms with Gasteiger partial charge in [-0.1, -0.05) is 12.1 Å². The van der Waals surface area contributed by atoms with E-state index in [0.717, 1.165) is 5.56 Å². The third-order valence-corrected chi connectivity index (χ3v) is 4.46. The first kappa shape index (κ1) is 22.5. The van der Waals surface area contributed by atoms with Crippen LogP contribution < -0.4 is 24.3 Å². The molecule has 0 fully saturated rings. The second-order valence-electron chi connectivity index (χ2n) is 6.67. The molecule has 2 aromatic rings. The van der Waals surface area contributed by atoms with Gasteiger partial charge in [-0.25, -0.2) is 4.79 Å². The molecule has 0 saturated carbocycles. The number of nitrogens with zero attached hydrogens (tertiary/aromatic N) is 1. The van der Waals surface area contributed by atoms with Gasteiger partial charge in [-0.15, -0.1) is 0 Å². The van der Waals surface area contributed by atoms with Crippen LogP contribution in [0.1, 0.15) is 18.1 Å². The van der Waals surface area contributed by atoms with Gasteiger partial charge in [0.2, 0.25) is 6.79 Å². The lowest BCUT2D eigenvalue weighted by Crippen LogP contribution is -2.35. The van der Waals surface area contributed by atoms with Gasteiger partial charge in [0.05, 0.1) is 7.11 Å². The van der Waals surface area contributed by atoms with Crippen LogP contribution in [-0.2, 0) is 20.9 Å². The Labute approximate surface area is 185 Å². The van der Waals surface area contributed by atoms with Crippen molar-refractivity contribution in [1.29, 1.82) is 5.26 Å². The number of carbonyl (C=O) groups excluding carboxylic acids is 2. The fourth-order valence-electron chi connectivity index (χ4n) is 2.83. The second-order valence-corrected chi connectivity index (χ2v) is 6.67. The number of carbonyl (C=O) groups is 2. The summed E-state index contributed by atoms with van der Waals surface area (Å²) >= 11 is 0. The van der Waals surface area contributed by atoms with E-state index in [4.69, 9.17) is 28.9 Å². The van der Waals surface area contributed by atoms with E-state index < -0.39 is 18.0 Å². The molecule has 166 valence electrons. The summed E-state index contributed by atoms with van der Waals surface area (Å²) in [6, 6.07) is 12.2. The van der Waals surface area contributed by atoms with Gasteiger partial charge in [0, 0.05) is 12.6 Å². The Hall–Kier alpha value is -4.19. The summed E-state index contributed by atoms with van der Waals surface area (Å²) in [6.45, 7) is 1.82. The maximum Gasteiger partial charge on any atom is 0.331 e. The van der Waals surface area contributed by atoms with Gasteiger partial charge in [-0.3, -0.25) is 4.79 Å². The molecule has 0 radical (unpaired) electrons. The van der Waals surface area contributed by atoms with Crippen molar-refractivity contribution >= 4 is 18.0 Å². The third-order valence-electron chi connectivity index (χ3n) is 4.46. The Balaban J connectivity index is 1.49. The standard InChI is InChI=1S/C23H22N2O7/c1-15(23(27)25-13-17-4-7-19-21(12-17)31-14-30-19)32-22(26)8-5-16-3-6-18(29-10-9-24)20(11-16)28-2/h3-8,11-12,15H,10,13-14H2,1-2H3,(H,25,27). The highest BCUT2D eigenvalue weighted by atomic mass is 16.7. The highest BCUT2D eigenvalue weighted by Gasteiger charge is 2.17. The zero-order valence-corrected chi connectivity index (χ0v) is 17.6. The molecule has 2 aromatic carbocycles. The summed E-state index contributed by atoms with van der Waals surface area (Å²) in [6.07, 6.45) is 1.76. The van der Waals surface area contributed by atoms with Gasteiger partial charge in [-0.05, 0) is 48.4 Å². The fourth-order valence-corrected chi connectivity index (χ4v) is 2.83. The molecule has 1 amide bonds. The van der Waals surface area contributed by atoms with Crippen LogP contribution in [0.3, 0.4) is 0 Å². The number of fused-ring (bicyclic) bond motifs is 1. The predicted molar refractivity (Wildman–Crippen MR) is 113 cm³/mol. The highest BCUT2D eigenvalue weighted by molar-refractivity contribution is 5.90. The van der Waals surface area contributed by atoms with Crippen LogP contribution in [0.15, 0.2) is 42.5 Å². The minimum absolute atomic E-state index is 0.105. The minimum atomic E-state index is -0.975. The zero-order chi connectivity index (χ0) is 22.9. The maximum atomic E-state index is 12.2. The van der Waals surface area contributed by atoms with Crippen LogP contribution in [0, 0.1) is 11.3 Å². The highest BCUT2D eigenvalue weighted by Crippen LogP contribution is 2.32. The molecule has 3 rings (SSSR count). The van der Waals surface area contributed by atoms with Gasteiger partial charge in [-0.2, -0.15) is 5.26 Å². The average molecular weight is 438 g/mol. The molecule has 0 bridgehead atoms. The fraction of sp³-hybridized carbons (Fsp3) is 0.261. The molecule has 9 nitrogen and oxygen atoms in total. The summed E-state index contributed by atoms with van der Waals surface area (Å²) < 4.78 is 26.2. The van der Waals surface area contributed by atoms with E-state index in [1.165, 1.54) is 26.2 Å². The largest absolute Gasteiger partial charge is 0.493 e. The predicted octanol–water partition coefficient (Wildman–Crippen LogP) is 2.59. The summed E-state index contributed by atoms with van der Waals surface area (Å²) in [7, 11) is 1.47. The molecule has 1 aliphatic rings. The Kier molecular flexibility index (Phi) is 7.54. The van der Waals surface area contributed by atoms with Crippen LogP contribution >= 0.6 is 0 Å². The lowest BCUT2D eigenvalue weighted by atomic mass is 10.2. The van der Waals surface area contributed by atoms with Crippen LogP contribution in [0.5, 0.6) is 23.0 Å². The molecule has 0 aromatic heterocycles. The number of methoxy groups -OCH3 is 1. The molecule has 32 heavy (non-hydrogen) atoms. The molecule has 0 aliphatic carbocycles. The van der Waals surface area contributed by atoms with Crippen molar-refractivity contribution in [3.63, 3.8) is 0 Å². The maximum absolute atomic E-state index is 12.2. The van der Waals surface area contributed by atoms with Gasteiger partial charge in [0.25, 0.3) is 5.91 Å². The SMILES string of the molecule is COc1cc(C=CC(=O)OC(C)C(=O)NCc2ccc3c(c2)OCO3)ccc1OCC#N. The van der Waals surface area contributed by atoms with Crippen LogP contribution in [0.2, 0.25) is 0 Å². The Morgan fingerprint density at radius 2 is 2.00 bits per heavy atom. The monoisotopic (exact) mass is 438 g/mol. The van der Waals surface area contributed by atoms with E-state index in [1.807, 2.05) is 12.1 Å². The van der Waals surface area contributed by atoms with Crippen LogP contribution in [0.25, 0.3) is 6.08 Å². The number of ether oxygens (including phenoxy) is 5. The van der Waals surface area contributed by atoms with E-state index in [0.29, 0.717) is 28.6 Å². The number of nitrogens with one attached hydrogen (secondary N) is 1. The van der Waals surface area contributed by atoms with E-state index in [9.17, 15) is 9.59 Å². The Bertz CT molecular complexity index is 1060. The lowest BCUT2D eigenvalue weighted by Gasteiger charge is -2.12. The summed E-state index contributed by atoms with van der Waals surface area (Å²) in [5, 5.41) is 11.3. The molecule has 1 N–H and O–H groups in total. The van der Waals surface area contributed by atoms with Crippen LogP contribution in [-0.4, -0.2) is 38.5 Å². The van der Waals surface area contributed by atoms with Crippen molar-refractivity contribution < 1.29 is 33.3 Å². The second kappa shape index (κ2) is 10.7. The van der Waals surface area contributed by atoms with Gasteiger partial charge in [0.15, 0.2) is 35.7 Å². The first-order valence-electron chi connectivity index (χ1n) is 9.73. The number of hydrogen-bond donors (Lipinski definition) is 1. The smallest absolute Gasteiger partial charge is 0.331 e. The normalized spacial score (nSPS) is 12.7. The quantitative estimate of drug-likeness (QED) is 0.469. The van der Waals surface area contributed by atoms with Crippen LogP contribution in [0.4, 0.5) is 0 Å². The molecule has 9 heteroatoms. The molecular weight excluding hydrogens is 416 g/mol. The molecule has 1 unspecified atom stereocenters. The summed E-state index contributed by atoms with van der Waals surface area (Å²) in [4.78, 5) is 24.3. The first-order chi connectivity index (χ1) is 15.5. The minimum Gasteiger partial charge on any atom is -0.493 e. The van der Waals surface area contributed by atoms with Crippen molar-refractivity contribution in [3.05, 3.63) is 53.6 Å². The van der Waals surface area contributed by atoms with Crippen molar-refractivity contribution in [3.8, 4) is 29.1 Å². The van der Waals surface area contributed by atoms with E-state index >= 15 is 0 Å². The number of benzene rings is 2. The molecule has 1 atom stereocenters. The first-order valence-corrected chi connectivity index (χ1v) is 9.73. The number of esters is 1. The number of rotatable bonds is 9. The molecule has 1 heterocycles.